The first-order valence-electron chi connectivity index (χ1n) is 7.39. The van der Waals surface area contributed by atoms with Crippen LogP contribution in [0.2, 0.25) is 0 Å². The summed E-state index contributed by atoms with van der Waals surface area (Å²) in [5.41, 5.74) is 0.523. The van der Waals surface area contributed by atoms with Crippen LogP contribution in [0.15, 0.2) is 30.3 Å². The smallest absolute Gasteiger partial charge is 0.330 e. The van der Waals surface area contributed by atoms with Crippen LogP contribution in [0.4, 0.5) is 0 Å². The monoisotopic (exact) mass is 307 g/mol. The molecule has 1 aromatic rings. The second kappa shape index (κ2) is 7.91. The van der Waals surface area contributed by atoms with Gasteiger partial charge in [0.25, 0.3) is 0 Å². The van der Waals surface area contributed by atoms with Crippen molar-refractivity contribution in [1.82, 2.24) is 5.32 Å². The molecule has 2 N–H and O–H groups in total. The topological polar surface area (TPSA) is 84.9 Å². The number of carboxylic acid groups (broad SMARTS) is 1. The van der Waals surface area contributed by atoms with Gasteiger partial charge in [-0.05, 0) is 25.3 Å². The SMILES string of the molecule is CC(OCC1CCCO1)C(=O)N[C@@H](C(=O)O)c1ccccc1. The maximum atomic E-state index is 12.1. The summed E-state index contributed by atoms with van der Waals surface area (Å²) in [4.78, 5) is 23.4. The van der Waals surface area contributed by atoms with Gasteiger partial charge in [-0.1, -0.05) is 30.3 Å². The standard InChI is InChI=1S/C16H21NO5/c1-11(22-10-13-8-5-9-21-13)15(18)17-14(16(19)20)12-6-3-2-4-7-12/h2-4,6-7,11,13-14H,5,8-10H2,1H3,(H,17,18)(H,19,20)/t11?,13?,14-/m1/s1. The molecule has 1 heterocycles. The molecule has 6 heteroatoms. The Morgan fingerprint density at radius 2 is 2.14 bits per heavy atom. The van der Waals surface area contributed by atoms with E-state index < -0.39 is 24.0 Å². The highest BCUT2D eigenvalue weighted by molar-refractivity contribution is 5.86. The molecule has 2 unspecified atom stereocenters. The van der Waals surface area contributed by atoms with Crippen LogP contribution in [0.25, 0.3) is 0 Å². The van der Waals surface area contributed by atoms with E-state index in [1.165, 1.54) is 0 Å². The molecule has 2 rings (SSSR count). The van der Waals surface area contributed by atoms with Gasteiger partial charge in [-0.2, -0.15) is 0 Å². The number of nitrogens with one attached hydrogen (secondary N) is 1. The molecule has 1 amide bonds. The Bertz CT molecular complexity index is 499. The maximum Gasteiger partial charge on any atom is 0.330 e. The molecule has 0 saturated carbocycles. The Hall–Kier alpha value is -1.92. The Labute approximate surface area is 129 Å². The highest BCUT2D eigenvalue weighted by Crippen LogP contribution is 2.15. The third-order valence-electron chi connectivity index (χ3n) is 3.59. The van der Waals surface area contributed by atoms with Gasteiger partial charge in [0.2, 0.25) is 5.91 Å². The van der Waals surface area contributed by atoms with E-state index in [9.17, 15) is 14.7 Å². The lowest BCUT2D eigenvalue weighted by Crippen LogP contribution is -2.40. The maximum absolute atomic E-state index is 12.1. The first-order valence-corrected chi connectivity index (χ1v) is 7.39. The number of ether oxygens (including phenoxy) is 2. The van der Waals surface area contributed by atoms with E-state index in [2.05, 4.69) is 5.32 Å². The third-order valence-corrected chi connectivity index (χ3v) is 3.59. The summed E-state index contributed by atoms with van der Waals surface area (Å²) in [6.45, 7) is 2.68. The molecule has 1 saturated heterocycles. The van der Waals surface area contributed by atoms with Gasteiger partial charge in [0.1, 0.15) is 6.10 Å². The predicted molar refractivity (Wildman–Crippen MR) is 79.3 cm³/mol. The molecule has 1 aromatic carbocycles. The zero-order valence-electron chi connectivity index (χ0n) is 12.5. The summed E-state index contributed by atoms with van der Waals surface area (Å²) in [7, 11) is 0. The van der Waals surface area contributed by atoms with E-state index in [0.717, 1.165) is 19.4 Å². The molecule has 1 aliphatic heterocycles. The Morgan fingerprint density at radius 3 is 2.73 bits per heavy atom. The van der Waals surface area contributed by atoms with E-state index in [1.807, 2.05) is 0 Å². The van der Waals surface area contributed by atoms with Crippen LogP contribution in [0, 0.1) is 0 Å². The van der Waals surface area contributed by atoms with E-state index in [4.69, 9.17) is 9.47 Å². The van der Waals surface area contributed by atoms with Gasteiger partial charge in [-0.3, -0.25) is 4.79 Å². The molecular weight excluding hydrogens is 286 g/mol. The molecule has 6 nitrogen and oxygen atoms in total. The lowest BCUT2D eigenvalue weighted by atomic mass is 10.1. The van der Waals surface area contributed by atoms with Gasteiger partial charge in [0.05, 0.1) is 12.7 Å². The van der Waals surface area contributed by atoms with Crippen LogP contribution in [0.5, 0.6) is 0 Å². The van der Waals surface area contributed by atoms with Gasteiger partial charge in [0, 0.05) is 6.61 Å². The second-order valence-electron chi connectivity index (χ2n) is 5.30. The summed E-state index contributed by atoms with van der Waals surface area (Å²) < 4.78 is 10.9. The van der Waals surface area contributed by atoms with Crippen molar-refractivity contribution in [3.05, 3.63) is 35.9 Å². The van der Waals surface area contributed by atoms with Crippen molar-refractivity contribution in [2.45, 2.75) is 38.0 Å². The molecule has 0 aromatic heterocycles. The van der Waals surface area contributed by atoms with Crippen LogP contribution in [0.1, 0.15) is 31.4 Å². The fraction of sp³-hybridized carbons (Fsp3) is 0.500. The quantitative estimate of drug-likeness (QED) is 0.797. The number of amides is 1. The van der Waals surface area contributed by atoms with Crippen LogP contribution in [0.3, 0.4) is 0 Å². The number of carboxylic acids is 1. The Morgan fingerprint density at radius 1 is 1.41 bits per heavy atom. The second-order valence-corrected chi connectivity index (χ2v) is 5.30. The molecule has 1 fully saturated rings. The van der Waals surface area contributed by atoms with Crippen molar-refractivity contribution in [1.29, 1.82) is 0 Å². The molecule has 120 valence electrons. The minimum Gasteiger partial charge on any atom is -0.479 e. The molecule has 0 spiro atoms. The van der Waals surface area contributed by atoms with Gasteiger partial charge in [-0.15, -0.1) is 0 Å². The number of rotatable bonds is 7. The van der Waals surface area contributed by atoms with Crippen LogP contribution < -0.4 is 5.32 Å². The van der Waals surface area contributed by atoms with Crippen molar-refractivity contribution in [2.75, 3.05) is 13.2 Å². The zero-order valence-corrected chi connectivity index (χ0v) is 12.5. The summed E-state index contributed by atoms with van der Waals surface area (Å²) in [5.74, 6) is -1.56. The van der Waals surface area contributed by atoms with Crippen molar-refractivity contribution in [2.24, 2.45) is 0 Å². The van der Waals surface area contributed by atoms with E-state index in [-0.39, 0.29) is 6.10 Å². The van der Waals surface area contributed by atoms with Crippen molar-refractivity contribution in [3.63, 3.8) is 0 Å². The Kier molecular flexibility index (Phi) is 5.91. The molecule has 1 aliphatic rings. The van der Waals surface area contributed by atoms with Gasteiger partial charge < -0.3 is 19.9 Å². The van der Waals surface area contributed by atoms with E-state index >= 15 is 0 Å². The summed E-state index contributed by atoms with van der Waals surface area (Å²) >= 11 is 0. The van der Waals surface area contributed by atoms with Crippen LogP contribution in [-0.4, -0.2) is 42.4 Å². The van der Waals surface area contributed by atoms with Crippen molar-refractivity contribution < 1.29 is 24.2 Å². The highest BCUT2D eigenvalue weighted by Gasteiger charge is 2.25. The average Bonchev–Trinajstić information content (AvgIpc) is 3.04. The van der Waals surface area contributed by atoms with Gasteiger partial charge in [-0.25, -0.2) is 4.79 Å². The number of carbonyl (C=O) groups is 2. The molecule has 3 atom stereocenters. The lowest BCUT2D eigenvalue weighted by Gasteiger charge is -2.19. The molecular formula is C16H21NO5. The van der Waals surface area contributed by atoms with E-state index in [1.54, 1.807) is 37.3 Å². The first-order chi connectivity index (χ1) is 10.6. The fourth-order valence-corrected chi connectivity index (χ4v) is 2.30. The number of carbonyl (C=O) groups excluding carboxylic acids is 1. The summed E-state index contributed by atoms with van der Waals surface area (Å²) in [6.07, 6.45) is 1.23. The highest BCUT2D eigenvalue weighted by atomic mass is 16.5. The van der Waals surface area contributed by atoms with Gasteiger partial charge in [0.15, 0.2) is 6.04 Å². The molecule has 0 radical (unpaired) electrons. The van der Waals surface area contributed by atoms with Gasteiger partial charge >= 0.3 is 5.97 Å². The minimum atomic E-state index is -1.11. The molecule has 22 heavy (non-hydrogen) atoms. The van der Waals surface area contributed by atoms with Crippen molar-refractivity contribution >= 4 is 11.9 Å². The number of aliphatic carboxylic acids is 1. The largest absolute Gasteiger partial charge is 0.479 e. The molecule has 0 bridgehead atoms. The number of hydrogen-bond acceptors (Lipinski definition) is 4. The summed E-state index contributed by atoms with van der Waals surface area (Å²) in [6, 6.07) is 7.50. The molecule has 0 aliphatic carbocycles. The van der Waals surface area contributed by atoms with Crippen LogP contribution >= 0.6 is 0 Å². The van der Waals surface area contributed by atoms with E-state index in [0.29, 0.717) is 12.2 Å². The Balaban J connectivity index is 1.88. The predicted octanol–water partition coefficient (Wildman–Crippen LogP) is 1.51. The number of benzene rings is 1. The summed E-state index contributed by atoms with van der Waals surface area (Å²) in [5, 5.41) is 11.8. The van der Waals surface area contributed by atoms with Crippen LogP contribution in [-0.2, 0) is 19.1 Å². The fourth-order valence-electron chi connectivity index (χ4n) is 2.30. The zero-order chi connectivity index (χ0) is 15.9. The third kappa shape index (κ3) is 4.54. The average molecular weight is 307 g/mol. The first kappa shape index (κ1) is 16.5. The lowest BCUT2D eigenvalue weighted by molar-refractivity contribution is -0.145. The normalized spacial score (nSPS) is 20.3. The number of hydrogen-bond donors (Lipinski definition) is 2. The van der Waals surface area contributed by atoms with Crippen molar-refractivity contribution in [3.8, 4) is 0 Å². The minimum absolute atomic E-state index is 0.0274.